The van der Waals surface area contributed by atoms with E-state index in [1.807, 2.05) is 0 Å². The maximum Gasteiger partial charge on any atom is 0.0594 e. The number of aliphatic hydroxyl groups is 1. The highest BCUT2D eigenvalue weighted by atomic mass is 16.5. The summed E-state index contributed by atoms with van der Waals surface area (Å²) >= 11 is 0. The van der Waals surface area contributed by atoms with Crippen LogP contribution in [-0.4, -0.2) is 49.5 Å². The zero-order valence-corrected chi connectivity index (χ0v) is 9.24. The Hall–Kier alpha value is -0.120. The predicted molar refractivity (Wildman–Crippen MR) is 57.4 cm³/mol. The fourth-order valence-electron chi connectivity index (χ4n) is 1.93. The number of hydrogen-bond donors (Lipinski definition) is 1. The highest BCUT2D eigenvalue weighted by Gasteiger charge is 2.12. The second kappa shape index (κ2) is 7.21. The molecule has 1 rings (SSSR count). The van der Waals surface area contributed by atoms with Gasteiger partial charge in [-0.05, 0) is 25.3 Å². The molecule has 0 bridgehead atoms. The second-order valence-corrected chi connectivity index (χ2v) is 4.03. The third kappa shape index (κ3) is 4.40. The average molecular weight is 201 g/mol. The maximum absolute atomic E-state index is 8.87. The Bertz CT molecular complexity index is 130. The molecule has 0 unspecified atom stereocenters. The highest BCUT2D eigenvalue weighted by Crippen LogP contribution is 2.13. The van der Waals surface area contributed by atoms with Crippen LogP contribution in [0, 0.1) is 5.92 Å². The molecule has 1 N–H and O–H groups in total. The summed E-state index contributed by atoms with van der Waals surface area (Å²) in [7, 11) is 0. The van der Waals surface area contributed by atoms with Crippen LogP contribution >= 0.6 is 0 Å². The van der Waals surface area contributed by atoms with Crippen LogP contribution in [0.2, 0.25) is 0 Å². The van der Waals surface area contributed by atoms with E-state index in [4.69, 9.17) is 9.84 Å². The van der Waals surface area contributed by atoms with E-state index < -0.39 is 0 Å². The third-order valence-electron chi connectivity index (χ3n) is 3.07. The Labute approximate surface area is 87.1 Å². The van der Waals surface area contributed by atoms with E-state index in [1.54, 1.807) is 0 Å². The fourth-order valence-corrected chi connectivity index (χ4v) is 1.93. The number of aliphatic hydroxyl groups excluding tert-OH is 1. The largest absolute Gasteiger partial charge is 0.396 e. The first-order valence-electron chi connectivity index (χ1n) is 5.77. The van der Waals surface area contributed by atoms with Gasteiger partial charge in [0.25, 0.3) is 0 Å². The number of hydrogen-bond acceptors (Lipinski definition) is 3. The normalized spacial score (nSPS) is 21.0. The highest BCUT2D eigenvalue weighted by molar-refractivity contribution is 4.65. The minimum atomic E-state index is 0.335. The molecule has 0 aromatic rings. The minimum absolute atomic E-state index is 0.335. The van der Waals surface area contributed by atoms with E-state index >= 15 is 0 Å². The molecule has 0 saturated carbocycles. The summed E-state index contributed by atoms with van der Waals surface area (Å²) in [6.45, 7) is 7.64. The number of morpholine rings is 1. The van der Waals surface area contributed by atoms with Gasteiger partial charge in [0.15, 0.2) is 0 Å². The molecule has 1 atom stereocenters. The van der Waals surface area contributed by atoms with Crippen molar-refractivity contribution < 1.29 is 9.84 Å². The number of ether oxygens (including phenoxy) is 1. The van der Waals surface area contributed by atoms with Gasteiger partial charge in [0, 0.05) is 19.7 Å². The van der Waals surface area contributed by atoms with Gasteiger partial charge in [-0.2, -0.15) is 0 Å². The molecular formula is C11H23NO2. The fraction of sp³-hybridized carbons (Fsp3) is 1.00. The first kappa shape index (κ1) is 12.0. The van der Waals surface area contributed by atoms with E-state index in [1.165, 1.54) is 19.4 Å². The standard InChI is InChI=1S/C11H23NO2/c1-2-11(4-8-13)3-5-12-6-9-14-10-7-12/h11,13H,2-10H2,1H3/t11-/m0/s1. The zero-order valence-electron chi connectivity index (χ0n) is 9.24. The Morgan fingerprint density at radius 3 is 2.57 bits per heavy atom. The first-order valence-corrected chi connectivity index (χ1v) is 5.77. The zero-order chi connectivity index (χ0) is 10.2. The van der Waals surface area contributed by atoms with Crippen LogP contribution in [0.15, 0.2) is 0 Å². The average Bonchev–Trinajstić information content (AvgIpc) is 2.25. The summed E-state index contributed by atoms with van der Waals surface area (Å²) < 4.78 is 5.30. The lowest BCUT2D eigenvalue weighted by Crippen LogP contribution is -2.37. The molecule has 0 aromatic carbocycles. The molecule has 3 nitrogen and oxygen atoms in total. The minimum Gasteiger partial charge on any atom is -0.396 e. The Kier molecular flexibility index (Phi) is 6.15. The van der Waals surface area contributed by atoms with Gasteiger partial charge in [0.1, 0.15) is 0 Å². The lowest BCUT2D eigenvalue weighted by molar-refractivity contribution is 0.0347. The first-order chi connectivity index (χ1) is 6.86. The molecule has 0 spiro atoms. The van der Waals surface area contributed by atoms with E-state index in [-0.39, 0.29) is 0 Å². The summed E-state index contributed by atoms with van der Waals surface area (Å²) in [5.41, 5.74) is 0. The van der Waals surface area contributed by atoms with Crippen LogP contribution in [0.3, 0.4) is 0 Å². The molecule has 1 saturated heterocycles. The molecule has 0 amide bonds. The molecule has 1 aliphatic rings. The van der Waals surface area contributed by atoms with Gasteiger partial charge in [0.05, 0.1) is 13.2 Å². The molecule has 1 aliphatic heterocycles. The quantitative estimate of drug-likeness (QED) is 0.699. The molecule has 1 heterocycles. The van der Waals surface area contributed by atoms with Crippen molar-refractivity contribution in [3.63, 3.8) is 0 Å². The maximum atomic E-state index is 8.87. The van der Waals surface area contributed by atoms with E-state index in [0.29, 0.717) is 12.5 Å². The van der Waals surface area contributed by atoms with Crippen molar-refractivity contribution in [2.75, 3.05) is 39.5 Å². The van der Waals surface area contributed by atoms with Crippen LogP contribution < -0.4 is 0 Å². The van der Waals surface area contributed by atoms with Crippen molar-refractivity contribution in [1.82, 2.24) is 4.90 Å². The summed E-state index contributed by atoms with van der Waals surface area (Å²) in [4.78, 5) is 2.46. The molecule has 14 heavy (non-hydrogen) atoms. The van der Waals surface area contributed by atoms with Crippen LogP contribution in [-0.2, 0) is 4.74 Å². The molecule has 0 radical (unpaired) electrons. The monoisotopic (exact) mass is 201 g/mol. The van der Waals surface area contributed by atoms with Crippen molar-refractivity contribution in [2.24, 2.45) is 5.92 Å². The van der Waals surface area contributed by atoms with Crippen molar-refractivity contribution in [3.05, 3.63) is 0 Å². The summed E-state index contributed by atoms with van der Waals surface area (Å²) in [5.74, 6) is 0.697. The topological polar surface area (TPSA) is 32.7 Å². The van der Waals surface area contributed by atoms with Crippen LogP contribution in [0.25, 0.3) is 0 Å². The lowest BCUT2D eigenvalue weighted by Gasteiger charge is -2.28. The molecular weight excluding hydrogens is 178 g/mol. The van der Waals surface area contributed by atoms with Crippen molar-refractivity contribution in [3.8, 4) is 0 Å². The van der Waals surface area contributed by atoms with Gasteiger partial charge in [-0.15, -0.1) is 0 Å². The van der Waals surface area contributed by atoms with E-state index in [0.717, 1.165) is 32.7 Å². The molecule has 0 aromatic heterocycles. The molecule has 1 fully saturated rings. The second-order valence-electron chi connectivity index (χ2n) is 4.03. The van der Waals surface area contributed by atoms with Gasteiger partial charge in [-0.1, -0.05) is 13.3 Å². The predicted octanol–water partition coefficient (Wildman–Crippen LogP) is 1.12. The molecule has 3 heteroatoms. The Balaban J connectivity index is 2.10. The van der Waals surface area contributed by atoms with Crippen LogP contribution in [0.1, 0.15) is 26.2 Å². The van der Waals surface area contributed by atoms with Gasteiger partial charge in [-0.3, -0.25) is 4.90 Å². The Morgan fingerprint density at radius 1 is 1.29 bits per heavy atom. The van der Waals surface area contributed by atoms with Gasteiger partial charge >= 0.3 is 0 Å². The molecule has 84 valence electrons. The molecule has 0 aliphatic carbocycles. The van der Waals surface area contributed by atoms with Gasteiger partial charge in [-0.25, -0.2) is 0 Å². The smallest absolute Gasteiger partial charge is 0.0594 e. The van der Waals surface area contributed by atoms with Crippen molar-refractivity contribution >= 4 is 0 Å². The Morgan fingerprint density at radius 2 is 2.00 bits per heavy atom. The number of nitrogens with zero attached hydrogens (tertiary/aromatic N) is 1. The van der Waals surface area contributed by atoms with Gasteiger partial charge < -0.3 is 9.84 Å². The summed E-state index contributed by atoms with van der Waals surface area (Å²) in [6.07, 6.45) is 3.36. The third-order valence-corrected chi connectivity index (χ3v) is 3.07. The summed E-state index contributed by atoms with van der Waals surface area (Å²) in [5, 5.41) is 8.87. The van der Waals surface area contributed by atoms with Crippen molar-refractivity contribution in [2.45, 2.75) is 26.2 Å². The lowest BCUT2D eigenvalue weighted by atomic mass is 9.98. The van der Waals surface area contributed by atoms with Gasteiger partial charge in [0.2, 0.25) is 0 Å². The van der Waals surface area contributed by atoms with Crippen LogP contribution in [0.5, 0.6) is 0 Å². The van der Waals surface area contributed by atoms with Crippen molar-refractivity contribution in [1.29, 1.82) is 0 Å². The summed E-state index contributed by atoms with van der Waals surface area (Å²) in [6, 6.07) is 0. The van der Waals surface area contributed by atoms with E-state index in [2.05, 4.69) is 11.8 Å². The number of rotatable bonds is 6. The van der Waals surface area contributed by atoms with E-state index in [9.17, 15) is 0 Å². The van der Waals surface area contributed by atoms with Crippen LogP contribution in [0.4, 0.5) is 0 Å². The SMILES string of the molecule is CC[C@H](CCO)CCN1CCOCC1.